The molecule has 0 amide bonds. The summed E-state index contributed by atoms with van der Waals surface area (Å²) in [5.74, 6) is 0. The first-order chi connectivity index (χ1) is 6.72. The van der Waals surface area contributed by atoms with Gasteiger partial charge in [-0.1, -0.05) is 0 Å². The lowest BCUT2D eigenvalue weighted by Crippen LogP contribution is -2.29. The third-order valence-corrected chi connectivity index (χ3v) is 1.96. The Labute approximate surface area is 79.8 Å². The van der Waals surface area contributed by atoms with Crippen molar-refractivity contribution in [2.24, 2.45) is 0 Å². The maximum Gasteiger partial charge on any atom is 0.488 e. The molecule has 0 spiro atoms. The van der Waals surface area contributed by atoms with Crippen molar-refractivity contribution in [2.45, 2.75) is 0 Å². The van der Waals surface area contributed by atoms with E-state index in [1.54, 1.807) is 6.07 Å². The molecule has 0 aliphatic carbocycles. The first-order valence-corrected chi connectivity index (χ1v) is 3.95. The normalized spacial score (nSPS) is 10.1. The minimum atomic E-state index is -1.57. The van der Waals surface area contributed by atoms with E-state index >= 15 is 0 Å². The maximum atomic E-state index is 8.95. The van der Waals surface area contributed by atoms with Crippen molar-refractivity contribution in [1.82, 2.24) is 9.97 Å². The monoisotopic (exact) mass is 187 g/mol. The summed E-state index contributed by atoms with van der Waals surface area (Å²) >= 11 is 0. The molecule has 1 aromatic carbocycles. The summed E-state index contributed by atoms with van der Waals surface area (Å²) < 4.78 is 0. The number of nitriles is 1. The number of imidazole rings is 1. The van der Waals surface area contributed by atoms with Gasteiger partial charge in [-0.15, -0.1) is 0 Å². The Bertz CT molecular complexity index is 515. The van der Waals surface area contributed by atoms with Gasteiger partial charge in [0.05, 0.1) is 17.4 Å². The zero-order chi connectivity index (χ0) is 10.1. The Morgan fingerprint density at radius 2 is 2.21 bits per heavy atom. The molecule has 0 saturated heterocycles. The number of benzene rings is 1. The minimum absolute atomic E-state index is 0.276. The van der Waals surface area contributed by atoms with Crippen LogP contribution in [0.25, 0.3) is 11.0 Å². The molecule has 0 fully saturated rings. The van der Waals surface area contributed by atoms with Gasteiger partial charge in [-0.3, -0.25) is 0 Å². The Hall–Kier alpha value is -1.84. The Balaban J connectivity index is 2.75. The number of hydrogen-bond acceptors (Lipinski definition) is 4. The average Bonchev–Trinajstić information content (AvgIpc) is 2.63. The van der Waals surface area contributed by atoms with Crippen molar-refractivity contribution in [2.75, 3.05) is 0 Å². The van der Waals surface area contributed by atoms with Gasteiger partial charge < -0.3 is 15.0 Å². The van der Waals surface area contributed by atoms with Gasteiger partial charge in [-0.25, -0.2) is 4.98 Å². The number of H-pyrrole nitrogens is 1. The maximum absolute atomic E-state index is 8.95. The van der Waals surface area contributed by atoms with Gasteiger partial charge in [0.2, 0.25) is 0 Å². The second-order valence-electron chi connectivity index (χ2n) is 2.85. The molecule has 0 saturated carbocycles. The third-order valence-electron chi connectivity index (χ3n) is 1.96. The topological polar surface area (TPSA) is 92.9 Å². The third kappa shape index (κ3) is 1.25. The van der Waals surface area contributed by atoms with E-state index in [1.165, 1.54) is 12.4 Å². The van der Waals surface area contributed by atoms with Gasteiger partial charge in [0.15, 0.2) is 0 Å². The van der Waals surface area contributed by atoms with Gasteiger partial charge in [0.25, 0.3) is 0 Å². The average molecular weight is 187 g/mol. The molecule has 2 rings (SSSR count). The number of nitrogens with one attached hydrogen (secondary N) is 1. The zero-order valence-corrected chi connectivity index (χ0v) is 7.10. The van der Waals surface area contributed by atoms with E-state index in [1.807, 2.05) is 6.07 Å². The smallest absolute Gasteiger partial charge is 0.423 e. The number of fused-ring (bicyclic) bond motifs is 1. The highest BCUT2D eigenvalue weighted by Gasteiger charge is 2.14. The fourth-order valence-electron chi connectivity index (χ4n) is 1.31. The summed E-state index contributed by atoms with van der Waals surface area (Å²) in [5, 5.41) is 26.7. The second-order valence-corrected chi connectivity index (χ2v) is 2.85. The summed E-state index contributed by atoms with van der Waals surface area (Å²) in [6, 6.07) is 4.91. The van der Waals surface area contributed by atoms with E-state index in [-0.39, 0.29) is 5.46 Å². The predicted molar refractivity (Wildman–Crippen MR) is 50.6 cm³/mol. The van der Waals surface area contributed by atoms with Gasteiger partial charge in [-0.2, -0.15) is 5.26 Å². The molecule has 68 valence electrons. The van der Waals surface area contributed by atoms with Crippen molar-refractivity contribution in [1.29, 1.82) is 5.26 Å². The van der Waals surface area contributed by atoms with Crippen LogP contribution < -0.4 is 5.46 Å². The van der Waals surface area contributed by atoms with E-state index in [9.17, 15) is 0 Å². The molecule has 0 radical (unpaired) electrons. The quantitative estimate of drug-likeness (QED) is 0.505. The fraction of sp³-hybridized carbons (Fsp3) is 0. The van der Waals surface area contributed by atoms with Crippen LogP contribution in [0.1, 0.15) is 5.56 Å². The molecule has 0 unspecified atom stereocenters. The summed E-state index contributed by atoms with van der Waals surface area (Å²) in [7, 11) is -1.57. The molecular formula is C8H6BN3O2. The van der Waals surface area contributed by atoms with Crippen LogP contribution in [0.15, 0.2) is 18.5 Å². The lowest BCUT2D eigenvalue weighted by Gasteiger charge is -1.99. The molecular weight excluding hydrogens is 181 g/mol. The van der Waals surface area contributed by atoms with E-state index in [0.29, 0.717) is 16.6 Å². The molecule has 0 atom stereocenters. The molecule has 1 heterocycles. The molecule has 0 aliphatic heterocycles. The number of nitrogens with zero attached hydrogens (tertiary/aromatic N) is 2. The molecule has 2 aromatic rings. The second kappa shape index (κ2) is 3.14. The summed E-state index contributed by atoms with van der Waals surface area (Å²) in [6.07, 6.45) is 1.46. The van der Waals surface area contributed by atoms with Crippen LogP contribution in [-0.4, -0.2) is 27.1 Å². The lowest BCUT2D eigenvalue weighted by molar-refractivity contribution is 0.426. The van der Waals surface area contributed by atoms with Gasteiger partial charge in [-0.05, 0) is 17.6 Å². The van der Waals surface area contributed by atoms with Crippen LogP contribution in [0, 0.1) is 11.3 Å². The molecule has 0 aliphatic rings. The number of aromatic amines is 1. The number of rotatable bonds is 1. The first-order valence-electron chi connectivity index (χ1n) is 3.95. The Morgan fingerprint density at radius 3 is 2.86 bits per heavy atom. The molecule has 6 heteroatoms. The van der Waals surface area contributed by atoms with Crippen molar-refractivity contribution >= 4 is 23.6 Å². The molecule has 1 aromatic heterocycles. The van der Waals surface area contributed by atoms with E-state index in [2.05, 4.69) is 9.97 Å². The molecule has 3 N–H and O–H groups in total. The van der Waals surface area contributed by atoms with Gasteiger partial charge >= 0.3 is 7.12 Å². The minimum Gasteiger partial charge on any atom is -0.423 e. The van der Waals surface area contributed by atoms with E-state index < -0.39 is 7.12 Å². The van der Waals surface area contributed by atoms with Crippen LogP contribution in [-0.2, 0) is 0 Å². The van der Waals surface area contributed by atoms with Gasteiger partial charge in [0, 0.05) is 0 Å². The highest BCUT2D eigenvalue weighted by Crippen LogP contribution is 2.12. The Morgan fingerprint density at radius 1 is 1.43 bits per heavy atom. The molecule has 0 bridgehead atoms. The standard InChI is InChI=1S/C8H6BN3O2/c10-3-5-1-6(9(13)14)2-7-8(5)12-4-11-7/h1-2,4,13-14H,(H,11,12). The van der Waals surface area contributed by atoms with Crippen LogP contribution >= 0.6 is 0 Å². The van der Waals surface area contributed by atoms with Crippen LogP contribution in [0.3, 0.4) is 0 Å². The van der Waals surface area contributed by atoms with Crippen molar-refractivity contribution in [3.05, 3.63) is 24.0 Å². The highest BCUT2D eigenvalue weighted by atomic mass is 16.4. The van der Waals surface area contributed by atoms with Crippen molar-refractivity contribution in [3.63, 3.8) is 0 Å². The summed E-state index contributed by atoms with van der Waals surface area (Å²) in [4.78, 5) is 6.75. The SMILES string of the molecule is N#Cc1cc(B(O)O)cc2[nH]cnc12. The Kier molecular flexibility index (Phi) is 1.96. The van der Waals surface area contributed by atoms with Crippen molar-refractivity contribution in [3.8, 4) is 6.07 Å². The largest absolute Gasteiger partial charge is 0.488 e. The zero-order valence-electron chi connectivity index (χ0n) is 7.10. The van der Waals surface area contributed by atoms with Gasteiger partial charge in [0.1, 0.15) is 11.6 Å². The number of hydrogen-bond donors (Lipinski definition) is 3. The van der Waals surface area contributed by atoms with Crippen molar-refractivity contribution < 1.29 is 10.0 Å². The molecule has 14 heavy (non-hydrogen) atoms. The first kappa shape index (κ1) is 8.75. The van der Waals surface area contributed by atoms with Crippen LogP contribution in [0.4, 0.5) is 0 Å². The number of aromatic nitrogens is 2. The van der Waals surface area contributed by atoms with E-state index in [4.69, 9.17) is 15.3 Å². The lowest BCUT2D eigenvalue weighted by atomic mass is 9.79. The summed E-state index contributed by atoms with van der Waals surface area (Å²) in [6.45, 7) is 0. The van der Waals surface area contributed by atoms with Crippen LogP contribution in [0.2, 0.25) is 0 Å². The predicted octanol–water partition coefficient (Wildman–Crippen LogP) is -0.886. The highest BCUT2D eigenvalue weighted by molar-refractivity contribution is 6.59. The summed E-state index contributed by atoms with van der Waals surface area (Å²) in [5.41, 5.74) is 1.76. The van der Waals surface area contributed by atoms with E-state index in [0.717, 1.165) is 0 Å². The van der Waals surface area contributed by atoms with Crippen LogP contribution in [0.5, 0.6) is 0 Å². The molecule has 5 nitrogen and oxygen atoms in total. The fourth-order valence-corrected chi connectivity index (χ4v) is 1.31.